The quantitative estimate of drug-likeness (QED) is 0.865. The minimum Gasteiger partial charge on any atom is -0.334 e. The summed E-state index contributed by atoms with van der Waals surface area (Å²) in [5, 5.41) is 3.38. The van der Waals surface area contributed by atoms with Crippen molar-refractivity contribution < 1.29 is 4.39 Å². The average molecular weight is 340 g/mol. The molecule has 20 heavy (non-hydrogen) atoms. The van der Waals surface area contributed by atoms with Crippen LogP contribution in [0.5, 0.6) is 0 Å². The normalized spacial score (nSPS) is 12.6. The van der Waals surface area contributed by atoms with Crippen LogP contribution in [-0.4, -0.2) is 16.1 Å². The molecular weight excluding hydrogens is 321 g/mol. The molecule has 1 N–H and O–H groups in total. The molecule has 1 aromatic carbocycles. The summed E-state index contributed by atoms with van der Waals surface area (Å²) in [6, 6.07) is 4.94. The molecule has 2 rings (SSSR count). The number of benzene rings is 1. The van der Waals surface area contributed by atoms with Gasteiger partial charge in [0, 0.05) is 29.0 Å². The van der Waals surface area contributed by atoms with Gasteiger partial charge in [-0.3, -0.25) is 0 Å². The molecule has 0 radical (unpaired) electrons. The van der Waals surface area contributed by atoms with E-state index in [-0.39, 0.29) is 11.9 Å². The van der Waals surface area contributed by atoms with Gasteiger partial charge < -0.3 is 9.88 Å². The summed E-state index contributed by atoms with van der Waals surface area (Å²) in [6.07, 6.45) is 4.67. The van der Waals surface area contributed by atoms with Crippen LogP contribution < -0.4 is 5.32 Å². The smallest absolute Gasteiger partial charge is 0.130 e. The van der Waals surface area contributed by atoms with Crippen molar-refractivity contribution >= 4 is 15.9 Å². The molecule has 0 aliphatic carbocycles. The Morgan fingerprint density at radius 2 is 2.20 bits per heavy atom. The maximum Gasteiger partial charge on any atom is 0.130 e. The lowest BCUT2D eigenvalue weighted by atomic mass is 10.1. The zero-order valence-corrected chi connectivity index (χ0v) is 13.3. The van der Waals surface area contributed by atoms with E-state index >= 15 is 0 Å². The van der Waals surface area contributed by atoms with E-state index in [2.05, 4.69) is 40.1 Å². The van der Waals surface area contributed by atoms with Gasteiger partial charge in [-0.05, 0) is 32.0 Å². The highest BCUT2D eigenvalue weighted by Crippen LogP contribution is 2.25. The molecule has 1 aromatic heterocycles. The van der Waals surface area contributed by atoms with Gasteiger partial charge in [0.15, 0.2) is 0 Å². The Hall–Kier alpha value is -1.20. The molecule has 0 aliphatic rings. The third-order valence-corrected chi connectivity index (χ3v) is 3.71. The number of hydrogen-bond donors (Lipinski definition) is 1. The molecular formula is C15H19BrFN3. The van der Waals surface area contributed by atoms with Crippen LogP contribution in [0.4, 0.5) is 4.39 Å². The lowest BCUT2D eigenvalue weighted by molar-refractivity contribution is 0.511. The number of aromatic nitrogens is 2. The maximum atomic E-state index is 14.2. The van der Waals surface area contributed by atoms with E-state index in [0.29, 0.717) is 5.56 Å². The van der Waals surface area contributed by atoms with Crippen molar-refractivity contribution in [2.45, 2.75) is 32.9 Å². The number of nitrogens with one attached hydrogen (secondary N) is 1. The number of rotatable bonds is 6. The van der Waals surface area contributed by atoms with E-state index < -0.39 is 0 Å². The van der Waals surface area contributed by atoms with Crippen molar-refractivity contribution in [1.29, 1.82) is 0 Å². The third kappa shape index (κ3) is 3.27. The van der Waals surface area contributed by atoms with E-state index in [1.807, 2.05) is 16.8 Å². The van der Waals surface area contributed by atoms with Gasteiger partial charge >= 0.3 is 0 Å². The van der Waals surface area contributed by atoms with Gasteiger partial charge in [-0.2, -0.15) is 0 Å². The van der Waals surface area contributed by atoms with Crippen molar-refractivity contribution in [2.75, 3.05) is 6.54 Å². The molecule has 1 heterocycles. The molecule has 0 amide bonds. The number of nitrogens with zero attached hydrogens (tertiary/aromatic N) is 2. The van der Waals surface area contributed by atoms with Crippen LogP contribution in [0.1, 0.15) is 37.7 Å². The monoisotopic (exact) mass is 339 g/mol. The average Bonchev–Trinajstić information content (AvgIpc) is 2.89. The fourth-order valence-corrected chi connectivity index (χ4v) is 2.55. The van der Waals surface area contributed by atoms with Crippen LogP contribution in [0, 0.1) is 5.82 Å². The minimum atomic E-state index is -0.224. The topological polar surface area (TPSA) is 29.9 Å². The van der Waals surface area contributed by atoms with E-state index in [1.54, 1.807) is 12.3 Å². The number of hydrogen-bond acceptors (Lipinski definition) is 2. The van der Waals surface area contributed by atoms with Gasteiger partial charge in [0.1, 0.15) is 11.6 Å². The van der Waals surface area contributed by atoms with Gasteiger partial charge in [0.2, 0.25) is 0 Å². The van der Waals surface area contributed by atoms with Crippen LogP contribution in [0.25, 0.3) is 0 Å². The minimum absolute atomic E-state index is 0.223. The molecule has 0 saturated carbocycles. The highest BCUT2D eigenvalue weighted by atomic mass is 79.9. The standard InChI is InChI=1S/C15H19BrFN3/c1-3-7-18-14(15-19-8-9-20(15)4-2)12-6-5-11(16)10-13(12)17/h5-6,8-10,14,18H,3-4,7H2,1-2H3. The summed E-state index contributed by atoms with van der Waals surface area (Å²) >= 11 is 3.29. The maximum absolute atomic E-state index is 14.2. The Bertz CT molecular complexity index is 568. The SMILES string of the molecule is CCCNC(c1ccc(Br)cc1F)c1nccn1CC. The van der Waals surface area contributed by atoms with Gasteiger partial charge in [0.05, 0.1) is 6.04 Å². The summed E-state index contributed by atoms with van der Waals surface area (Å²) < 4.78 is 17.0. The molecule has 5 heteroatoms. The summed E-state index contributed by atoms with van der Waals surface area (Å²) in [5.41, 5.74) is 0.627. The Kier molecular flexibility index (Phi) is 5.31. The predicted octanol–water partition coefficient (Wildman–Crippen LogP) is 3.89. The molecule has 0 bridgehead atoms. The zero-order valence-electron chi connectivity index (χ0n) is 11.7. The van der Waals surface area contributed by atoms with Crippen molar-refractivity contribution in [3.63, 3.8) is 0 Å². The fourth-order valence-electron chi connectivity index (χ4n) is 2.21. The highest BCUT2D eigenvalue weighted by molar-refractivity contribution is 9.10. The first-order valence-electron chi connectivity index (χ1n) is 6.86. The van der Waals surface area contributed by atoms with Gasteiger partial charge in [-0.25, -0.2) is 9.37 Å². The molecule has 0 spiro atoms. The summed E-state index contributed by atoms with van der Waals surface area (Å²) in [5.74, 6) is 0.626. The second-order valence-electron chi connectivity index (χ2n) is 4.62. The highest BCUT2D eigenvalue weighted by Gasteiger charge is 2.21. The largest absolute Gasteiger partial charge is 0.334 e. The third-order valence-electron chi connectivity index (χ3n) is 3.22. The Morgan fingerprint density at radius 3 is 2.85 bits per heavy atom. The molecule has 3 nitrogen and oxygen atoms in total. The van der Waals surface area contributed by atoms with Crippen LogP contribution in [0.15, 0.2) is 35.1 Å². The fraction of sp³-hybridized carbons (Fsp3) is 0.400. The lowest BCUT2D eigenvalue weighted by Gasteiger charge is -2.20. The number of halogens is 2. The van der Waals surface area contributed by atoms with E-state index in [9.17, 15) is 4.39 Å². The first-order valence-corrected chi connectivity index (χ1v) is 7.66. The molecule has 108 valence electrons. The van der Waals surface area contributed by atoms with Crippen LogP contribution >= 0.6 is 15.9 Å². The van der Waals surface area contributed by atoms with E-state index in [1.165, 1.54) is 6.07 Å². The first-order chi connectivity index (χ1) is 9.67. The van der Waals surface area contributed by atoms with Gasteiger partial charge in [-0.1, -0.05) is 28.9 Å². The number of aryl methyl sites for hydroxylation is 1. The first kappa shape index (κ1) is 15.2. The summed E-state index contributed by atoms with van der Waals surface area (Å²) in [4.78, 5) is 4.40. The molecule has 0 fully saturated rings. The van der Waals surface area contributed by atoms with Crippen molar-refractivity contribution in [3.05, 3.63) is 52.3 Å². The summed E-state index contributed by atoms with van der Waals surface area (Å²) in [7, 11) is 0. The van der Waals surface area contributed by atoms with Crippen molar-refractivity contribution in [3.8, 4) is 0 Å². The molecule has 1 unspecified atom stereocenters. The zero-order chi connectivity index (χ0) is 14.5. The Labute approximate surface area is 127 Å². The number of imidazole rings is 1. The molecule has 2 aromatic rings. The van der Waals surface area contributed by atoms with Crippen LogP contribution in [-0.2, 0) is 6.54 Å². The summed E-state index contributed by atoms with van der Waals surface area (Å²) in [6.45, 7) is 5.78. The Balaban J connectivity index is 2.41. The van der Waals surface area contributed by atoms with E-state index in [4.69, 9.17) is 0 Å². The van der Waals surface area contributed by atoms with Crippen LogP contribution in [0.2, 0.25) is 0 Å². The van der Waals surface area contributed by atoms with Gasteiger partial charge in [0.25, 0.3) is 0 Å². The van der Waals surface area contributed by atoms with Crippen molar-refractivity contribution in [2.24, 2.45) is 0 Å². The molecule has 0 saturated heterocycles. The lowest BCUT2D eigenvalue weighted by Crippen LogP contribution is -2.27. The van der Waals surface area contributed by atoms with Gasteiger partial charge in [-0.15, -0.1) is 0 Å². The predicted molar refractivity (Wildman–Crippen MR) is 82.1 cm³/mol. The second-order valence-corrected chi connectivity index (χ2v) is 5.54. The van der Waals surface area contributed by atoms with Crippen LogP contribution in [0.3, 0.4) is 0 Å². The molecule has 1 atom stereocenters. The van der Waals surface area contributed by atoms with E-state index in [0.717, 1.165) is 29.8 Å². The van der Waals surface area contributed by atoms with Crippen molar-refractivity contribution in [1.82, 2.24) is 14.9 Å². The Morgan fingerprint density at radius 1 is 1.40 bits per heavy atom. The second kappa shape index (κ2) is 6.99. The molecule has 0 aliphatic heterocycles.